The van der Waals surface area contributed by atoms with Crippen LogP contribution < -0.4 is 5.32 Å². The van der Waals surface area contributed by atoms with Crippen LogP contribution in [-0.2, 0) is 4.74 Å². The normalized spacial score (nSPS) is 15.0. The summed E-state index contributed by atoms with van der Waals surface area (Å²) >= 11 is 0. The number of hydrogen-bond donors (Lipinski definition) is 2. The predicted octanol–water partition coefficient (Wildman–Crippen LogP) is 2.42. The first kappa shape index (κ1) is 17.6. The molecule has 4 rings (SSSR count). The molecule has 1 saturated heterocycles. The van der Waals surface area contributed by atoms with Crippen LogP contribution in [0.15, 0.2) is 42.9 Å². The molecule has 0 spiro atoms. The van der Waals surface area contributed by atoms with Gasteiger partial charge in [0.15, 0.2) is 0 Å². The maximum atomic E-state index is 13.3. The molecule has 1 fully saturated rings. The SMILES string of the molecule is Fc1ccc(-c2nc(NCCN3CCOCC3)ncc2-c2ncc[nH]2)cc1. The van der Waals surface area contributed by atoms with Crippen LogP contribution in [0.1, 0.15) is 0 Å². The number of nitrogens with zero attached hydrogens (tertiary/aromatic N) is 4. The summed E-state index contributed by atoms with van der Waals surface area (Å²) in [6, 6.07) is 6.27. The lowest BCUT2D eigenvalue weighted by atomic mass is 10.1. The largest absolute Gasteiger partial charge is 0.379 e. The third kappa shape index (κ3) is 4.29. The molecule has 1 aliphatic rings. The van der Waals surface area contributed by atoms with Crippen LogP contribution in [0.4, 0.5) is 10.3 Å². The van der Waals surface area contributed by atoms with Crippen molar-refractivity contribution in [2.24, 2.45) is 0 Å². The molecule has 7 nitrogen and oxygen atoms in total. The molecule has 0 unspecified atom stereocenters. The van der Waals surface area contributed by atoms with Crippen LogP contribution in [0.2, 0.25) is 0 Å². The number of aromatic nitrogens is 4. The average Bonchev–Trinajstić information content (AvgIpc) is 3.24. The van der Waals surface area contributed by atoms with Gasteiger partial charge in [-0.25, -0.2) is 19.3 Å². The summed E-state index contributed by atoms with van der Waals surface area (Å²) in [6.07, 6.45) is 5.16. The number of aromatic amines is 1. The van der Waals surface area contributed by atoms with Gasteiger partial charge in [-0.15, -0.1) is 0 Å². The van der Waals surface area contributed by atoms with Gasteiger partial charge in [-0.1, -0.05) is 0 Å². The molecule has 2 aromatic heterocycles. The van der Waals surface area contributed by atoms with Gasteiger partial charge in [-0.2, -0.15) is 0 Å². The molecule has 140 valence electrons. The summed E-state index contributed by atoms with van der Waals surface area (Å²) in [5.41, 5.74) is 2.28. The molecular formula is C19H21FN6O. The Morgan fingerprint density at radius 2 is 1.96 bits per heavy atom. The van der Waals surface area contributed by atoms with E-state index in [2.05, 4.69) is 30.2 Å². The molecule has 0 amide bonds. The predicted molar refractivity (Wildman–Crippen MR) is 101 cm³/mol. The third-order valence-electron chi connectivity index (χ3n) is 4.47. The molecule has 8 heteroatoms. The van der Waals surface area contributed by atoms with E-state index in [1.165, 1.54) is 12.1 Å². The van der Waals surface area contributed by atoms with E-state index in [9.17, 15) is 4.39 Å². The fraction of sp³-hybridized carbons (Fsp3) is 0.316. The Hall–Kier alpha value is -2.84. The summed E-state index contributed by atoms with van der Waals surface area (Å²) < 4.78 is 18.7. The standard InChI is InChI=1S/C19H21FN6O/c20-15-3-1-14(2-4-15)17-16(18-21-5-6-22-18)13-24-19(25-17)23-7-8-26-9-11-27-12-10-26/h1-6,13H,7-12H2,(H,21,22)(H,23,24,25). The van der Waals surface area contributed by atoms with Gasteiger partial charge in [0.05, 0.1) is 24.5 Å². The van der Waals surface area contributed by atoms with Crippen molar-refractivity contribution in [3.63, 3.8) is 0 Å². The zero-order valence-corrected chi connectivity index (χ0v) is 14.9. The number of benzene rings is 1. The van der Waals surface area contributed by atoms with Crippen molar-refractivity contribution in [3.05, 3.63) is 48.7 Å². The molecule has 1 aromatic carbocycles. The van der Waals surface area contributed by atoms with Gasteiger partial charge >= 0.3 is 0 Å². The second-order valence-electron chi connectivity index (χ2n) is 6.28. The van der Waals surface area contributed by atoms with E-state index in [1.807, 2.05) is 0 Å². The Kier molecular flexibility index (Phi) is 5.36. The van der Waals surface area contributed by atoms with Gasteiger partial charge in [0.1, 0.15) is 11.6 Å². The number of imidazole rings is 1. The number of hydrogen-bond acceptors (Lipinski definition) is 6. The molecule has 2 N–H and O–H groups in total. The van der Waals surface area contributed by atoms with Crippen molar-refractivity contribution < 1.29 is 9.13 Å². The quantitative estimate of drug-likeness (QED) is 0.696. The third-order valence-corrected chi connectivity index (χ3v) is 4.47. The van der Waals surface area contributed by atoms with Crippen LogP contribution in [0, 0.1) is 5.82 Å². The minimum absolute atomic E-state index is 0.281. The van der Waals surface area contributed by atoms with Crippen molar-refractivity contribution in [1.29, 1.82) is 0 Å². The summed E-state index contributed by atoms with van der Waals surface area (Å²) in [7, 11) is 0. The van der Waals surface area contributed by atoms with Crippen LogP contribution in [0.25, 0.3) is 22.6 Å². The van der Waals surface area contributed by atoms with E-state index in [-0.39, 0.29) is 5.82 Å². The Morgan fingerprint density at radius 3 is 2.70 bits per heavy atom. The zero-order valence-electron chi connectivity index (χ0n) is 14.9. The Balaban J connectivity index is 1.54. The lowest BCUT2D eigenvalue weighted by Gasteiger charge is -2.26. The van der Waals surface area contributed by atoms with Gasteiger partial charge in [0.2, 0.25) is 5.95 Å². The molecule has 0 bridgehead atoms. The fourth-order valence-corrected chi connectivity index (χ4v) is 3.03. The summed E-state index contributed by atoms with van der Waals surface area (Å²) in [5, 5.41) is 3.28. The molecule has 3 heterocycles. The van der Waals surface area contributed by atoms with Crippen LogP contribution in [-0.4, -0.2) is 64.2 Å². The van der Waals surface area contributed by atoms with E-state index < -0.39 is 0 Å². The summed E-state index contributed by atoms with van der Waals surface area (Å²) in [5.74, 6) is 0.934. The summed E-state index contributed by atoms with van der Waals surface area (Å²) in [6.45, 7) is 5.09. The molecule has 0 atom stereocenters. The molecule has 27 heavy (non-hydrogen) atoms. The van der Waals surface area contributed by atoms with Gasteiger partial charge in [0, 0.05) is 50.3 Å². The number of rotatable bonds is 6. The van der Waals surface area contributed by atoms with Crippen LogP contribution >= 0.6 is 0 Å². The molecule has 3 aromatic rings. The van der Waals surface area contributed by atoms with Crippen LogP contribution in [0.3, 0.4) is 0 Å². The fourth-order valence-electron chi connectivity index (χ4n) is 3.03. The smallest absolute Gasteiger partial charge is 0.223 e. The highest BCUT2D eigenvalue weighted by Gasteiger charge is 2.14. The van der Waals surface area contributed by atoms with Crippen molar-refractivity contribution in [1.82, 2.24) is 24.8 Å². The maximum Gasteiger partial charge on any atom is 0.223 e. The number of anilines is 1. The molecular weight excluding hydrogens is 347 g/mol. The lowest BCUT2D eigenvalue weighted by molar-refractivity contribution is 0.0398. The highest BCUT2D eigenvalue weighted by atomic mass is 19.1. The monoisotopic (exact) mass is 368 g/mol. The second-order valence-corrected chi connectivity index (χ2v) is 6.28. The number of halogens is 1. The van der Waals surface area contributed by atoms with E-state index in [0.29, 0.717) is 17.5 Å². The van der Waals surface area contributed by atoms with Crippen molar-refractivity contribution in [3.8, 4) is 22.6 Å². The van der Waals surface area contributed by atoms with Crippen molar-refractivity contribution >= 4 is 5.95 Å². The zero-order chi connectivity index (χ0) is 18.5. The minimum atomic E-state index is -0.281. The van der Waals surface area contributed by atoms with Crippen molar-refractivity contribution in [2.45, 2.75) is 0 Å². The first-order valence-corrected chi connectivity index (χ1v) is 8.96. The van der Waals surface area contributed by atoms with Gasteiger partial charge < -0.3 is 15.0 Å². The Labute approximate surface area is 156 Å². The van der Waals surface area contributed by atoms with Gasteiger partial charge in [-0.05, 0) is 24.3 Å². The highest BCUT2D eigenvalue weighted by molar-refractivity contribution is 5.77. The number of ether oxygens (including phenoxy) is 1. The first-order valence-electron chi connectivity index (χ1n) is 8.96. The lowest BCUT2D eigenvalue weighted by Crippen LogP contribution is -2.39. The van der Waals surface area contributed by atoms with E-state index in [1.54, 1.807) is 30.7 Å². The summed E-state index contributed by atoms with van der Waals surface area (Å²) in [4.78, 5) is 18.8. The number of H-pyrrole nitrogens is 1. The number of morpholine rings is 1. The second kappa shape index (κ2) is 8.24. The molecule has 0 radical (unpaired) electrons. The topological polar surface area (TPSA) is 79.0 Å². The van der Waals surface area contributed by atoms with Crippen LogP contribution in [0.5, 0.6) is 0 Å². The van der Waals surface area contributed by atoms with Crippen molar-refractivity contribution in [2.75, 3.05) is 44.7 Å². The Bertz CT molecular complexity index is 862. The molecule has 1 aliphatic heterocycles. The number of nitrogens with one attached hydrogen (secondary N) is 2. The highest BCUT2D eigenvalue weighted by Crippen LogP contribution is 2.28. The van der Waals surface area contributed by atoms with Gasteiger partial charge in [0.25, 0.3) is 0 Å². The van der Waals surface area contributed by atoms with E-state index >= 15 is 0 Å². The average molecular weight is 368 g/mol. The minimum Gasteiger partial charge on any atom is -0.379 e. The maximum absolute atomic E-state index is 13.3. The molecule has 0 aliphatic carbocycles. The van der Waals surface area contributed by atoms with E-state index in [0.717, 1.165) is 50.5 Å². The molecule has 0 saturated carbocycles. The first-order chi connectivity index (χ1) is 13.3. The van der Waals surface area contributed by atoms with E-state index in [4.69, 9.17) is 4.74 Å². The van der Waals surface area contributed by atoms with Gasteiger partial charge in [-0.3, -0.25) is 4.90 Å². The Morgan fingerprint density at radius 1 is 1.15 bits per heavy atom.